The number of non-ortho nitro benzene ring substituents is 1. The molecule has 0 aliphatic heterocycles. The van der Waals surface area contributed by atoms with Gasteiger partial charge in [-0.3, -0.25) is 14.8 Å². The third-order valence-corrected chi connectivity index (χ3v) is 4.73. The number of nitrogens with zero attached hydrogens (tertiary/aromatic N) is 1. The maximum atomic E-state index is 12.4. The van der Waals surface area contributed by atoms with Gasteiger partial charge in [0, 0.05) is 12.1 Å². The molecule has 0 aliphatic rings. The molecule has 2 rings (SSSR count). The summed E-state index contributed by atoms with van der Waals surface area (Å²) in [4.78, 5) is 21.7. The standard InChI is InChI=1S/C16H16N2O6S/c1-3-24-16(19)12-5-8-14(9-6-12)25(22,23)17-15-10-13(18(20)21)7-4-11(15)2/h4-10,17H,3H2,1-2H3. The quantitative estimate of drug-likeness (QED) is 0.479. The van der Waals surface area contributed by atoms with Gasteiger partial charge in [-0.05, 0) is 43.7 Å². The molecule has 0 aliphatic carbocycles. The van der Waals surface area contributed by atoms with Gasteiger partial charge in [-0.2, -0.15) is 0 Å². The summed E-state index contributed by atoms with van der Waals surface area (Å²) < 4.78 is 32.0. The Balaban J connectivity index is 2.29. The van der Waals surface area contributed by atoms with Crippen molar-refractivity contribution in [3.63, 3.8) is 0 Å². The number of carbonyl (C=O) groups excluding carboxylic acids is 1. The first kappa shape index (κ1) is 18.4. The van der Waals surface area contributed by atoms with Crippen LogP contribution >= 0.6 is 0 Å². The van der Waals surface area contributed by atoms with Crippen molar-refractivity contribution in [2.75, 3.05) is 11.3 Å². The molecule has 0 heterocycles. The number of nitrogens with one attached hydrogen (secondary N) is 1. The van der Waals surface area contributed by atoms with Gasteiger partial charge >= 0.3 is 5.97 Å². The number of carbonyl (C=O) groups is 1. The molecule has 0 fully saturated rings. The Morgan fingerprint density at radius 3 is 2.40 bits per heavy atom. The van der Waals surface area contributed by atoms with Crippen LogP contribution in [0.15, 0.2) is 47.4 Å². The zero-order valence-electron chi connectivity index (χ0n) is 13.6. The fourth-order valence-corrected chi connectivity index (χ4v) is 3.14. The maximum Gasteiger partial charge on any atom is 0.338 e. The Hall–Kier alpha value is -2.94. The van der Waals surface area contributed by atoms with E-state index in [2.05, 4.69) is 4.72 Å². The van der Waals surface area contributed by atoms with Gasteiger partial charge < -0.3 is 4.74 Å². The smallest absolute Gasteiger partial charge is 0.338 e. The predicted octanol–water partition coefficient (Wildman–Crippen LogP) is 2.88. The number of nitro groups is 1. The number of hydrogen-bond donors (Lipinski definition) is 1. The highest BCUT2D eigenvalue weighted by molar-refractivity contribution is 7.92. The van der Waals surface area contributed by atoms with Crippen LogP contribution in [-0.2, 0) is 14.8 Å². The van der Waals surface area contributed by atoms with Crippen molar-refractivity contribution < 1.29 is 22.9 Å². The van der Waals surface area contributed by atoms with Crippen LogP contribution in [0.5, 0.6) is 0 Å². The van der Waals surface area contributed by atoms with Gasteiger partial charge in [0.05, 0.1) is 27.7 Å². The first-order chi connectivity index (χ1) is 11.7. The van der Waals surface area contributed by atoms with Crippen molar-refractivity contribution in [2.24, 2.45) is 0 Å². The normalized spacial score (nSPS) is 11.0. The molecule has 1 N–H and O–H groups in total. The number of esters is 1. The van der Waals surface area contributed by atoms with E-state index in [0.717, 1.165) is 6.07 Å². The van der Waals surface area contributed by atoms with Gasteiger partial charge in [0.25, 0.3) is 15.7 Å². The Morgan fingerprint density at radius 2 is 1.84 bits per heavy atom. The van der Waals surface area contributed by atoms with E-state index in [4.69, 9.17) is 4.74 Å². The summed E-state index contributed by atoms with van der Waals surface area (Å²) in [5.41, 5.74) is 0.661. The molecular formula is C16H16N2O6S. The molecule has 0 radical (unpaired) electrons. The van der Waals surface area contributed by atoms with Crippen molar-refractivity contribution in [2.45, 2.75) is 18.7 Å². The van der Waals surface area contributed by atoms with Gasteiger partial charge in [-0.25, -0.2) is 13.2 Å². The molecule has 0 saturated carbocycles. The van der Waals surface area contributed by atoms with E-state index in [1.807, 2.05) is 0 Å². The van der Waals surface area contributed by atoms with Crippen LogP contribution in [-0.4, -0.2) is 25.9 Å². The topological polar surface area (TPSA) is 116 Å². The molecule has 132 valence electrons. The Morgan fingerprint density at radius 1 is 1.20 bits per heavy atom. The zero-order valence-corrected chi connectivity index (χ0v) is 14.4. The Labute approximate surface area is 144 Å². The van der Waals surface area contributed by atoms with Gasteiger partial charge in [0.15, 0.2) is 0 Å². The molecule has 8 nitrogen and oxygen atoms in total. The minimum Gasteiger partial charge on any atom is -0.462 e. The highest BCUT2D eigenvalue weighted by atomic mass is 32.2. The average molecular weight is 364 g/mol. The monoisotopic (exact) mass is 364 g/mol. The number of benzene rings is 2. The van der Waals surface area contributed by atoms with E-state index in [1.54, 1.807) is 13.8 Å². The fraction of sp³-hybridized carbons (Fsp3) is 0.188. The maximum absolute atomic E-state index is 12.4. The summed E-state index contributed by atoms with van der Waals surface area (Å²) in [7, 11) is -3.96. The first-order valence-electron chi connectivity index (χ1n) is 7.29. The second-order valence-electron chi connectivity index (χ2n) is 5.11. The lowest BCUT2D eigenvalue weighted by Crippen LogP contribution is -2.14. The molecule has 0 bridgehead atoms. The first-order valence-corrected chi connectivity index (χ1v) is 8.78. The van der Waals surface area contributed by atoms with E-state index in [1.165, 1.54) is 36.4 Å². The highest BCUT2D eigenvalue weighted by Gasteiger charge is 2.18. The molecule has 2 aromatic rings. The minimum absolute atomic E-state index is 0.0774. The van der Waals surface area contributed by atoms with E-state index in [9.17, 15) is 23.3 Å². The van der Waals surface area contributed by atoms with Gasteiger partial charge in [0.2, 0.25) is 0 Å². The highest BCUT2D eigenvalue weighted by Crippen LogP contribution is 2.24. The van der Waals surface area contributed by atoms with Crippen LogP contribution in [0.3, 0.4) is 0 Å². The van der Waals surface area contributed by atoms with E-state index in [-0.39, 0.29) is 28.4 Å². The van der Waals surface area contributed by atoms with Crippen molar-refractivity contribution in [1.82, 2.24) is 0 Å². The molecule has 0 aromatic heterocycles. The minimum atomic E-state index is -3.96. The third kappa shape index (κ3) is 4.32. The zero-order chi connectivity index (χ0) is 18.6. The second-order valence-corrected chi connectivity index (χ2v) is 6.79. The molecule has 9 heteroatoms. The van der Waals surface area contributed by atoms with Crippen LogP contribution in [0.2, 0.25) is 0 Å². The van der Waals surface area contributed by atoms with Crippen molar-refractivity contribution in [1.29, 1.82) is 0 Å². The summed E-state index contributed by atoms with van der Waals surface area (Å²) in [5.74, 6) is -0.547. The lowest BCUT2D eigenvalue weighted by molar-refractivity contribution is -0.384. The van der Waals surface area contributed by atoms with Gasteiger partial charge in [-0.1, -0.05) is 6.07 Å². The van der Waals surface area contributed by atoms with Gasteiger partial charge in [-0.15, -0.1) is 0 Å². The number of hydrogen-bond acceptors (Lipinski definition) is 6. The molecule has 0 spiro atoms. The van der Waals surface area contributed by atoms with Crippen LogP contribution in [0.4, 0.5) is 11.4 Å². The fourth-order valence-electron chi connectivity index (χ4n) is 2.02. The Kier molecular flexibility index (Phi) is 5.38. The SMILES string of the molecule is CCOC(=O)c1ccc(S(=O)(=O)Nc2cc([N+](=O)[O-])ccc2C)cc1. The van der Waals surface area contributed by atoms with Crippen LogP contribution in [0.25, 0.3) is 0 Å². The summed E-state index contributed by atoms with van der Waals surface area (Å²) >= 11 is 0. The number of anilines is 1. The van der Waals surface area contributed by atoms with Crippen LogP contribution in [0.1, 0.15) is 22.8 Å². The molecule has 0 unspecified atom stereocenters. The molecular weight excluding hydrogens is 348 g/mol. The predicted molar refractivity (Wildman–Crippen MR) is 91.0 cm³/mol. The Bertz CT molecular complexity index is 907. The molecule has 0 saturated heterocycles. The van der Waals surface area contributed by atoms with Crippen molar-refractivity contribution in [3.8, 4) is 0 Å². The summed E-state index contributed by atoms with van der Waals surface area (Å²) in [6.45, 7) is 3.51. The second kappa shape index (κ2) is 7.31. The molecule has 2 aromatic carbocycles. The number of sulfonamides is 1. The van der Waals surface area contributed by atoms with E-state index in [0.29, 0.717) is 5.56 Å². The van der Waals surface area contributed by atoms with Crippen LogP contribution in [0, 0.1) is 17.0 Å². The summed E-state index contributed by atoms with van der Waals surface area (Å²) in [6.07, 6.45) is 0. The number of aryl methyl sites for hydroxylation is 1. The van der Waals surface area contributed by atoms with Crippen LogP contribution < -0.4 is 4.72 Å². The summed E-state index contributed by atoms with van der Waals surface area (Å²) in [5, 5.41) is 10.8. The summed E-state index contributed by atoms with van der Waals surface area (Å²) in [6, 6.07) is 9.11. The lowest BCUT2D eigenvalue weighted by atomic mass is 10.2. The van der Waals surface area contributed by atoms with Gasteiger partial charge in [0.1, 0.15) is 0 Å². The lowest BCUT2D eigenvalue weighted by Gasteiger charge is -2.11. The van der Waals surface area contributed by atoms with Crippen molar-refractivity contribution >= 4 is 27.4 Å². The average Bonchev–Trinajstić information content (AvgIpc) is 2.57. The van der Waals surface area contributed by atoms with E-state index >= 15 is 0 Å². The number of rotatable bonds is 6. The van der Waals surface area contributed by atoms with E-state index < -0.39 is 20.9 Å². The number of nitro benzene ring substituents is 1. The van der Waals surface area contributed by atoms with Crippen molar-refractivity contribution in [3.05, 3.63) is 63.7 Å². The number of ether oxygens (including phenoxy) is 1. The largest absolute Gasteiger partial charge is 0.462 e. The third-order valence-electron chi connectivity index (χ3n) is 3.35. The molecule has 0 amide bonds. The molecule has 25 heavy (non-hydrogen) atoms. The molecule has 0 atom stereocenters.